The van der Waals surface area contributed by atoms with Gasteiger partial charge in [-0.15, -0.1) is 0 Å². The molecule has 1 heterocycles. The predicted octanol–water partition coefficient (Wildman–Crippen LogP) is 3.76. The molecule has 7 heteroatoms. The third kappa shape index (κ3) is 5.45. The Hall–Kier alpha value is -3.74. The molecule has 3 rings (SSSR count). The van der Waals surface area contributed by atoms with Crippen molar-refractivity contribution in [2.75, 3.05) is 20.8 Å². The van der Waals surface area contributed by atoms with Gasteiger partial charge in [0.15, 0.2) is 0 Å². The number of ether oxygens (including phenoxy) is 3. The lowest BCUT2D eigenvalue weighted by Crippen LogP contribution is -2.29. The maximum atomic E-state index is 12.8. The third-order valence-corrected chi connectivity index (χ3v) is 4.74. The summed E-state index contributed by atoms with van der Waals surface area (Å²) in [5.41, 5.74) is 1.62. The quantitative estimate of drug-likeness (QED) is 0.533. The maximum absolute atomic E-state index is 12.8. The highest BCUT2D eigenvalue weighted by molar-refractivity contribution is 5.92. The average Bonchev–Trinajstić information content (AvgIpc) is 3.22. The molecule has 0 radical (unpaired) electrons. The Morgan fingerprint density at radius 3 is 2.48 bits per heavy atom. The van der Waals surface area contributed by atoms with Gasteiger partial charge in [0.1, 0.15) is 29.1 Å². The molecule has 162 valence electrons. The number of aryl methyl sites for hydroxylation is 1. The fourth-order valence-corrected chi connectivity index (χ4v) is 3.21. The van der Waals surface area contributed by atoms with E-state index in [4.69, 9.17) is 14.2 Å². The monoisotopic (exact) mass is 421 g/mol. The van der Waals surface area contributed by atoms with Crippen molar-refractivity contribution in [3.05, 3.63) is 77.9 Å². The molecule has 7 nitrogen and oxygen atoms in total. The molecular weight excluding hydrogens is 394 g/mol. The zero-order chi connectivity index (χ0) is 22.2. The summed E-state index contributed by atoms with van der Waals surface area (Å²) in [7, 11) is 5.06. The summed E-state index contributed by atoms with van der Waals surface area (Å²) in [4.78, 5) is 17.3. The maximum Gasteiger partial charge on any atom is 0.244 e. The number of nitrogens with one attached hydrogen (secondary N) is 1. The van der Waals surface area contributed by atoms with Crippen LogP contribution in [0.3, 0.4) is 0 Å². The first-order valence-electron chi connectivity index (χ1n) is 9.96. The van der Waals surface area contributed by atoms with E-state index in [2.05, 4.69) is 10.3 Å². The second-order valence-electron chi connectivity index (χ2n) is 6.79. The molecule has 1 atom stereocenters. The molecule has 0 saturated carbocycles. The lowest BCUT2D eigenvalue weighted by molar-refractivity contribution is -0.117. The second-order valence-corrected chi connectivity index (χ2v) is 6.79. The van der Waals surface area contributed by atoms with Crippen LogP contribution in [0.15, 0.2) is 60.9 Å². The highest BCUT2D eigenvalue weighted by Gasteiger charge is 2.21. The Kier molecular flexibility index (Phi) is 7.32. The molecule has 0 saturated heterocycles. The number of hydrogen-bond donors (Lipinski definition) is 1. The van der Waals surface area contributed by atoms with Crippen LogP contribution in [0.25, 0.3) is 6.08 Å². The Labute approximate surface area is 182 Å². The van der Waals surface area contributed by atoms with E-state index < -0.39 is 6.04 Å². The number of methoxy groups -OCH3 is 2. The minimum absolute atomic E-state index is 0.263. The van der Waals surface area contributed by atoms with Crippen molar-refractivity contribution in [1.82, 2.24) is 14.9 Å². The number of rotatable bonds is 9. The zero-order valence-corrected chi connectivity index (χ0v) is 18.2. The summed E-state index contributed by atoms with van der Waals surface area (Å²) in [6.45, 7) is 2.48. The predicted molar refractivity (Wildman–Crippen MR) is 119 cm³/mol. The van der Waals surface area contributed by atoms with Gasteiger partial charge in [0.2, 0.25) is 5.91 Å². The normalized spacial score (nSPS) is 11.9. The molecule has 0 aliphatic rings. The van der Waals surface area contributed by atoms with Gasteiger partial charge in [0.25, 0.3) is 0 Å². The van der Waals surface area contributed by atoms with E-state index in [0.717, 1.165) is 16.9 Å². The van der Waals surface area contributed by atoms with Gasteiger partial charge >= 0.3 is 0 Å². The van der Waals surface area contributed by atoms with Crippen molar-refractivity contribution >= 4 is 12.0 Å². The number of aromatic nitrogens is 2. The van der Waals surface area contributed by atoms with Gasteiger partial charge < -0.3 is 24.1 Å². The minimum Gasteiger partial charge on any atom is -0.497 e. The Morgan fingerprint density at radius 2 is 1.87 bits per heavy atom. The minimum atomic E-state index is -0.497. The summed E-state index contributed by atoms with van der Waals surface area (Å²) in [6.07, 6.45) is 6.76. The van der Waals surface area contributed by atoms with Crippen molar-refractivity contribution in [2.45, 2.75) is 13.0 Å². The van der Waals surface area contributed by atoms with E-state index in [9.17, 15) is 4.79 Å². The first kappa shape index (κ1) is 22.0. The molecule has 1 amide bonds. The van der Waals surface area contributed by atoms with Crippen molar-refractivity contribution in [1.29, 1.82) is 0 Å². The first-order chi connectivity index (χ1) is 15.0. The summed E-state index contributed by atoms with van der Waals surface area (Å²) < 4.78 is 18.3. The molecule has 0 aliphatic carbocycles. The smallest absolute Gasteiger partial charge is 0.244 e. The number of amides is 1. The van der Waals surface area contributed by atoms with Gasteiger partial charge in [-0.1, -0.05) is 18.2 Å². The summed E-state index contributed by atoms with van der Waals surface area (Å²) in [5, 5.41) is 3.04. The van der Waals surface area contributed by atoms with Gasteiger partial charge in [-0.2, -0.15) is 0 Å². The molecule has 0 fully saturated rings. The van der Waals surface area contributed by atoms with Gasteiger partial charge in [0.05, 0.1) is 20.8 Å². The van der Waals surface area contributed by atoms with Crippen LogP contribution in [0.4, 0.5) is 0 Å². The van der Waals surface area contributed by atoms with Crippen LogP contribution in [0.5, 0.6) is 17.2 Å². The number of hydrogen-bond acceptors (Lipinski definition) is 5. The number of nitrogens with zero attached hydrogens (tertiary/aromatic N) is 2. The molecule has 3 aromatic rings. The van der Waals surface area contributed by atoms with Crippen molar-refractivity contribution < 1.29 is 19.0 Å². The van der Waals surface area contributed by atoms with Crippen LogP contribution >= 0.6 is 0 Å². The Bertz CT molecular complexity index is 1040. The van der Waals surface area contributed by atoms with Gasteiger partial charge in [-0.25, -0.2) is 4.98 Å². The van der Waals surface area contributed by atoms with E-state index in [1.54, 1.807) is 32.6 Å². The molecule has 1 unspecified atom stereocenters. The van der Waals surface area contributed by atoms with Crippen LogP contribution in [-0.2, 0) is 11.8 Å². The van der Waals surface area contributed by atoms with Crippen LogP contribution in [0.2, 0.25) is 0 Å². The van der Waals surface area contributed by atoms with Crippen LogP contribution < -0.4 is 19.5 Å². The van der Waals surface area contributed by atoms with Crippen molar-refractivity contribution in [3.8, 4) is 17.2 Å². The highest BCUT2D eigenvalue weighted by atomic mass is 16.5. The van der Waals surface area contributed by atoms with Crippen molar-refractivity contribution in [3.63, 3.8) is 0 Å². The van der Waals surface area contributed by atoms with Gasteiger partial charge in [0, 0.05) is 37.1 Å². The first-order valence-corrected chi connectivity index (χ1v) is 9.96. The van der Waals surface area contributed by atoms with E-state index >= 15 is 0 Å². The third-order valence-electron chi connectivity index (χ3n) is 4.74. The summed E-state index contributed by atoms with van der Waals surface area (Å²) >= 11 is 0. The fourth-order valence-electron chi connectivity index (χ4n) is 3.21. The average molecular weight is 421 g/mol. The van der Waals surface area contributed by atoms with Crippen LogP contribution in [0, 0.1) is 0 Å². The lowest BCUT2D eigenvalue weighted by Gasteiger charge is -2.20. The summed E-state index contributed by atoms with van der Waals surface area (Å²) in [6, 6.07) is 12.6. The highest BCUT2D eigenvalue weighted by Crippen LogP contribution is 2.29. The van der Waals surface area contributed by atoms with E-state index in [1.807, 2.05) is 61.1 Å². The molecule has 2 aromatic carbocycles. The molecule has 0 bridgehead atoms. The number of para-hydroxylation sites is 1. The fraction of sp³-hybridized carbons (Fsp3) is 0.250. The number of carbonyl (C=O) groups is 1. The molecular formula is C24H27N3O4. The van der Waals surface area contributed by atoms with E-state index in [-0.39, 0.29) is 5.91 Å². The Morgan fingerprint density at radius 1 is 1.16 bits per heavy atom. The van der Waals surface area contributed by atoms with E-state index in [1.165, 1.54) is 6.08 Å². The molecule has 1 N–H and O–H groups in total. The van der Waals surface area contributed by atoms with Crippen molar-refractivity contribution in [2.24, 2.45) is 7.05 Å². The lowest BCUT2D eigenvalue weighted by atomic mass is 10.0. The van der Waals surface area contributed by atoms with Gasteiger partial charge in [-0.3, -0.25) is 4.79 Å². The van der Waals surface area contributed by atoms with Crippen LogP contribution in [-0.4, -0.2) is 36.3 Å². The van der Waals surface area contributed by atoms with Crippen LogP contribution in [0.1, 0.15) is 29.9 Å². The second kappa shape index (κ2) is 10.3. The molecule has 0 spiro atoms. The number of benzene rings is 2. The van der Waals surface area contributed by atoms with Gasteiger partial charge in [-0.05, 0) is 36.8 Å². The topological polar surface area (TPSA) is 74.6 Å². The Balaban J connectivity index is 1.90. The molecule has 0 aliphatic heterocycles. The number of carbonyl (C=O) groups excluding carboxylic acids is 1. The SMILES string of the molecule is CCOc1ccccc1/C=C/C(=O)NC(c1cc(OC)cc(OC)c1)c1nccn1C. The largest absolute Gasteiger partial charge is 0.497 e. The molecule has 1 aromatic heterocycles. The standard InChI is InChI=1S/C24H27N3O4/c1-5-31-21-9-7-6-8-17(21)10-11-22(28)26-23(24-25-12-13-27(24)2)18-14-19(29-3)16-20(15-18)30-4/h6-16,23H,5H2,1-4H3,(H,26,28)/b11-10+. The summed E-state index contributed by atoms with van der Waals surface area (Å²) in [5.74, 6) is 2.41. The number of imidazole rings is 1. The zero-order valence-electron chi connectivity index (χ0n) is 18.2. The molecule has 31 heavy (non-hydrogen) atoms. The van der Waals surface area contributed by atoms with E-state index in [0.29, 0.717) is 23.9 Å².